The zero-order valence-electron chi connectivity index (χ0n) is 12.6. The zero-order valence-corrected chi connectivity index (χ0v) is 12.6. The molecule has 1 saturated carbocycles. The Morgan fingerprint density at radius 3 is 2.57 bits per heavy atom. The first-order valence-electron chi connectivity index (χ1n) is 7.59. The van der Waals surface area contributed by atoms with Crippen LogP contribution >= 0.6 is 0 Å². The van der Waals surface area contributed by atoms with E-state index in [0.717, 1.165) is 18.5 Å². The molecule has 1 aromatic heterocycles. The van der Waals surface area contributed by atoms with Crippen molar-refractivity contribution in [1.29, 1.82) is 0 Å². The average Bonchev–Trinajstić information content (AvgIpc) is 3.17. The van der Waals surface area contributed by atoms with Gasteiger partial charge in [-0.05, 0) is 25.0 Å². The molecule has 0 atom stereocenters. The van der Waals surface area contributed by atoms with Gasteiger partial charge in [0.2, 0.25) is 5.82 Å². The summed E-state index contributed by atoms with van der Waals surface area (Å²) in [4.78, 5) is 27.5. The van der Waals surface area contributed by atoms with Crippen molar-refractivity contribution >= 4 is 11.9 Å². The van der Waals surface area contributed by atoms with Gasteiger partial charge in [-0.2, -0.15) is 0 Å². The van der Waals surface area contributed by atoms with Gasteiger partial charge < -0.3 is 10.4 Å². The largest absolute Gasteiger partial charge is 0.481 e. The van der Waals surface area contributed by atoms with Gasteiger partial charge in [0.15, 0.2) is 0 Å². The predicted octanol–water partition coefficient (Wildman–Crippen LogP) is 1.78. The quantitative estimate of drug-likeness (QED) is 0.877. The highest BCUT2D eigenvalue weighted by Crippen LogP contribution is 2.32. The van der Waals surface area contributed by atoms with Crippen LogP contribution in [0.5, 0.6) is 0 Å². The Morgan fingerprint density at radius 1 is 1.22 bits per heavy atom. The highest BCUT2D eigenvalue weighted by atomic mass is 16.4. The maximum atomic E-state index is 12.4. The van der Waals surface area contributed by atoms with Crippen LogP contribution in [0.4, 0.5) is 0 Å². The number of carboxylic acid groups (broad SMARTS) is 1. The predicted molar refractivity (Wildman–Crippen MR) is 82.3 cm³/mol. The molecule has 1 fully saturated rings. The maximum absolute atomic E-state index is 12.4. The molecular formula is C16H18N4O3. The first kappa shape index (κ1) is 15.2. The molecule has 0 unspecified atom stereocenters. The summed E-state index contributed by atoms with van der Waals surface area (Å²) in [5, 5.41) is 16.1. The standard InChI is InChI=1S/C16H18N4O3/c21-13(22)10-16(8-4-5-9-16)18-15(23)14-17-11-20(19-14)12-6-2-1-3-7-12/h1-3,6-7,11H,4-5,8-10H2,(H,18,23)(H,21,22). The van der Waals surface area contributed by atoms with E-state index in [9.17, 15) is 9.59 Å². The number of carboxylic acids is 1. The molecule has 2 aromatic rings. The molecule has 1 heterocycles. The summed E-state index contributed by atoms with van der Waals surface area (Å²) in [5.74, 6) is -1.29. The molecule has 1 aromatic carbocycles. The fraction of sp³-hybridized carbons (Fsp3) is 0.375. The van der Waals surface area contributed by atoms with Crippen LogP contribution in [0.1, 0.15) is 42.7 Å². The number of nitrogens with one attached hydrogen (secondary N) is 1. The maximum Gasteiger partial charge on any atom is 0.305 e. The highest BCUT2D eigenvalue weighted by Gasteiger charge is 2.38. The molecular weight excluding hydrogens is 296 g/mol. The van der Waals surface area contributed by atoms with E-state index in [1.54, 1.807) is 0 Å². The summed E-state index contributed by atoms with van der Waals surface area (Å²) >= 11 is 0. The number of amides is 1. The lowest BCUT2D eigenvalue weighted by atomic mass is 9.93. The molecule has 1 aliphatic carbocycles. The summed E-state index contributed by atoms with van der Waals surface area (Å²) in [6.07, 6.45) is 4.58. The van der Waals surface area contributed by atoms with Gasteiger partial charge >= 0.3 is 5.97 Å². The van der Waals surface area contributed by atoms with Crippen LogP contribution in [-0.4, -0.2) is 37.3 Å². The molecule has 7 nitrogen and oxygen atoms in total. The van der Waals surface area contributed by atoms with E-state index in [2.05, 4.69) is 15.4 Å². The van der Waals surface area contributed by atoms with Gasteiger partial charge in [-0.3, -0.25) is 9.59 Å². The van der Waals surface area contributed by atoms with Gasteiger partial charge in [0.05, 0.1) is 17.6 Å². The molecule has 0 aliphatic heterocycles. The average molecular weight is 314 g/mol. The second kappa shape index (κ2) is 6.20. The van der Waals surface area contributed by atoms with Crippen LogP contribution in [0.3, 0.4) is 0 Å². The van der Waals surface area contributed by atoms with E-state index < -0.39 is 17.4 Å². The monoisotopic (exact) mass is 314 g/mol. The van der Waals surface area contributed by atoms with Crippen LogP contribution in [0, 0.1) is 0 Å². The van der Waals surface area contributed by atoms with E-state index in [1.807, 2.05) is 30.3 Å². The van der Waals surface area contributed by atoms with E-state index >= 15 is 0 Å². The Morgan fingerprint density at radius 2 is 1.91 bits per heavy atom. The molecule has 1 amide bonds. The molecule has 0 saturated heterocycles. The summed E-state index contributed by atoms with van der Waals surface area (Å²) in [6.45, 7) is 0. The molecule has 3 rings (SSSR count). The summed E-state index contributed by atoms with van der Waals surface area (Å²) in [6, 6.07) is 9.36. The van der Waals surface area contributed by atoms with Crippen molar-refractivity contribution in [2.45, 2.75) is 37.6 Å². The van der Waals surface area contributed by atoms with E-state index in [0.29, 0.717) is 12.8 Å². The smallest absolute Gasteiger partial charge is 0.305 e. The minimum absolute atomic E-state index is 0.0468. The Kier molecular flexibility index (Phi) is 4.10. The zero-order chi connectivity index (χ0) is 16.3. The number of aromatic nitrogens is 3. The number of benzene rings is 1. The van der Waals surface area contributed by atoms with Gasteiger partial charge in [0.25, 0.3) is 5.91 Å². The summed E-state index contributed by atoms with van der Waals surface area (Å²) < 4.78 is 1.52. The number of carbonyl (C=O) groups excluding carboxylic acids is 1. The second-order valence-corrected chi connectivity index (χ2v) is 5.86. The van der Waals surface area contributed by atoms with E-state index in [1.165, 1.54) is 11.0 Å². The number of hydrogen-bond donors (Lipinski definition) is 2. The van der Waals surface area contributed by atoms with Gasteiger partial charge in [-0.15, -0.1) is 5.10 Å². The fourth-order valence-corrected chi connectivity index (χ4v) is 3.06. The first-order chi connectivity index (χ1) is 11.1. The lowest BCUT2D eigenvalue weighted by molar-refractivity contribution is -0.138. The number of aliphatic carboxylic acids is 1. The van der Waals surface area contributed by atoms with Crippen molar-refractivity contribution in [3.63, 3.8) is 0 Å². The van der Waals surface area contributed by atoms with Crippen LogP contribution < -0.4 is 5.32 Å². The summed E-state index contributed by atoms with van der Waals surface area (Å²) in [7, 11) is 0. The molecule has 2 N–H and O–H groups in total. The van der Waals surface area contributed by atoms with Crippen molar-refractivity contribution in [2.75, 3.05) is 0 Å². The normalized spacial score (nSPS) is 16.2. The van der Waals surface area contributed by atoms with E-state index in [4.69, 9.17) is 5.11 Å². The topological polar surface area (TPSA) is 97.1 Å². The van der Waals surface area contributed by atoms with Crippen LogP contribution in [-0.2, 0) is 4.79 Å². The molecule has 0 bridgehead atoms. The Bertz CT molecular complexity index is 705. The number of nitrogens with zero attached hydrogens (tertiary/aromatic N) is 3. The van der Waals surface area contributed by atoms with Crippen LogP contribution in [0.25, 0.3) is 5.69 Å². The van der Waals surface area contributed by atoms with Crippen LogP contribution in [0.2, 0.25) is 0 Å². The Balaban J connectivity index is 1.76. The minimum atomic E-state index is -0.907. The second-order valence-electron chi connectivity index (χ2n) is 5.86. The SMILES string of the molecule is O=C(O)CC1(NC(=O)c2ncn(-c3ccccc3)n2)CCCC1. The number of para-hydroxylation sites is 1. The molecule has 120 valence electrons. The molecule has 7 heteroatoms. The van der Waals surface area contributed by atoms with Gasteiger partial charge in [-0.1, -0.05) is 31.0 Å². The van der Waals surface area contributed by atoms with E-state index in [-0.39, 0.29) is 12.2 Å². The van der Waals surface area contributed by atoms with Crippen molar-refractivity contribution in [2.24, 2.45) is 0 Å². The third-order valence-electron chi connectivity index (χ3n) is 4.14. The lowest BCUT2D eigenvalue weighted by Crippen LogP contribution is -2.48. The third-order valence-corrected chi connectivity index (χ3v) is 4.14. The third kappa shape index (κ3) is 3.39. The minimum Gasteiger partial charge on any atom is -0.481 e. The Hall–Kier alpha value is -2.70. The molecule has 1 aliphatic rings. The number of carbonyl (C=O) groups is 2. The summed E-state index contributed by atoms with van der Waals surface area (Å²) in [5.41, 5.74) is 0.126. The van der Waals surface area contributed by atoms with Gasteiger partial charge in [0.1, 0.15) is 6.33 Å². The van der Waals surface area contributed by atoms with Crippen molar-refractivity contribution in [1.82, 2.24) is 20.1 Å². The molecule has 23 heavy (non-hydrogen) atoms. The molecule has 0 spiro atoms. The first-order valence-corrected chi connectivity index (χ1v) is 7.59. The fourth-order valence-electron chi connectivity index (χ4n) is 3.06. The van der Waals surface area contributed by atoms with Crippen LogP contribution in [0.15, 0.2) is 36.7 Å². The number of rotatable bonds is 5. The van der Waals surface area contributed by atoms with Crippen molar-refractivity contribution < 1.29 is 14.7 Å². The molecule has 0 radical (unpaired) electrons. The number of hydrogen-bond acceptors (Lipinski definition) is 4. The van der Waals surface area contributed by atoms with Gasteiger partial charge in [0, 0.05) is 0 Å². The Labute approximate surface area is 133 Å². The lowest BCUT2D eigenvalue weighted by Gasteiger charge is -2.27. The van der Waals surface area contributed by atoms with Crippen molar-refractivity contribution in [3.05, 3.63) is 42.5 Å². The van der Waals surface area contributed by atoms with Gasteiger partial charge in [-0.25, -0.2) is 9.67 Å². The van der Waals surface area contributed by atoms with Crippen molar-refractivity contribution in [3.8, 4) is 5.69 Å². The highest BCUT2D eigenvalue weighted by molar-refractivity contribution is 5.91.